The van der Waals surface area contributed by atoms with Crippen LogP contribution in [0, 0.1) is 0 Å². The Morgan fingerprint density at radius 1 is 1.31 bits per heavy atom. The van der Waals surface area contributed by atoms with Crippen LogP contribution in [0.1, 0.15) is 0 Å². The zero-order valence-corrected chi connectivity index (χ0v) is 8.54. The molecule has 4 heteroatoms. The molecular formula is C9H18N2O2. The Bertz CT molecular complexity index is 172. The summed E-state index contributed by atoms with van der Waals surface area (Å²) in [7, 11) is 5.29. The molecule has 4 nitrogen and oxygen atoms in total. The second-order valence-corrected chi connectivity index (χ2v) is 3.15. The lowest BCUT2D eigenvalue weighted by molar-refractivity contribution is -0.00461. The summed E-state index contributed by atoms with van der Waals surface area (Å²) < 4.78 is 10.6. The first-order chi connectivity index (χ1) is 6.22. The highest BCUT2D eigenvalue weighted by Crippen LogP contribution is 2.17. The molecule has 1 saturated heterocycles. The minimum Gasteiger partial charge on any atom is -0.377 e. The van der Waals surface area contributed by atoms with Crippen molar-refractivity contribution in [3.63, 3.8) is 0 Å². The Balaban J connectivity index is 2.52. The van der Waals surface area contributed by atoms with Gasteiger partial charge in [-0.1, -0.05) is 6.58 Å². The molecule has 0 spiro atoms. The zero-order chi connectivity index (χ0) is 9.84. The maximum Gasteiger partial charge on any atom is 0.102 e. The van der Waals surface area contributed by atoms with Crippen molar-refractivity contribution in [3.8, 4) is 0 Å². The van der Waals surface area contributed by atoms with Crippen LogP contribution in [-0.2, 0) is 9.47 Å². The Labute approximate surface area is 79.5 Å². The van der Waals surface area contributed by atoms with Crippen molar-refractivity contribution in [3.05, 3.63) is 12.4 Å². The van der Waals surface area contributed by atoms with E-state index in [-0.39, 0.29) is 12.2 Å². The monoisotopic (exact) mass is 186 g/mol. The average Bonchev–Trinajstić information content (AvgIpc) is 2.59. The van der Waals surface area contributed by atoms with Crippen molar-refractivity contribution < 1.29 is 9.47 Å². The highest BCUT2D eigenvalue weighted by Gasteiger charge is 2.33. The molecule has 1 heterocycles. The van der Waals surface area contributed by atoms with Crippen molar-refractivity contribution >= 4 is 0 Å². The maximum absolute atomic E-state index is 5.30. The number of nitrogens with one attached hydrogen (secondary N) is 1. The summed E-state index contributed by atoms with van der Waals surface area (Å²) in [5.74, 6) is 0.918. The minimum absolute atomic E-state index is 0.148. The van der Waals surface area contributed by atoms with Crippen LogP contribution < -0.4 is 5.32 Å². The van der Waals surface area contributed by atoms with E-state index >= 15 is 0 Å². The molecule has 2 unspecified atom stereocenters. The molecule has 1 fully saturated rings. The van der Waals surface area contributed by atoms with E-state index in [1.54, 1.807) is 14.2 Å². The number of ether oxygens (including phenoxy) is 2. The number of hydrogen-bond acceptors (Lipinski definition) is 4. The van der Waals surface area contributed by atoms with Gasteiger partial charge in [0.1, 0.15) is 12.2 Å². The lowest BCUT2D eigenvalue weighted by Gasteiger charge is -2.19. The Morgan fingerprint density at radius 2 is 1.77 bits per heavy atom. The fourth-order valence-electron chi connectivity index (χ4n) is 1.58. The van der Waals surface area contributed by atoms with E-state index in [9.17, 15) is 0 Å². The normalized spacial score (nSPS) is 27.8. The van der Waals surface area contributed by atoms with Gasteiger partial charge in [-0.2, -0.15) is 0 Å². The smallest absolute Gasteiger partial charge is 0.102 e. The number of nitrogens with zero attached hydrogens (tertiary/aromatic N) is 1. The summed E-state index contributed by atoms with van der Waals surface area (Å²) in [6.45, 7) is 5.58. The molecule has 0 radical (unpaired) electrons. The number of likely N-dealkylation sites (tertiary alicyclic amines) is 1. The molecule has 0 aromatic rings. The van der Waals surface area contributed by atoms with E-state index < -0.39 is 0 Å². The van der Waals surface area contributed by atoms with E-state index in [1.807, 2.05) is 7.05 Å². The molecular weight excluding hydrogens is 168 g/mol. The first-order valence-corrected chi connectivity index (χ1v) is 4.40. The van der Waals surface area contributed by atoms with E-state index in [0.717, 1.165) is 18.9 Å². The average molecular weight is 186 g/mol. The van der Waals surface area contributed by atoms with Gasteiger partial charge in [0.05, 0.1) is 5.82 Å². The molecule has 2 atom stereocenters. The standard InChI is InChI=1S/C9H18N2O2/c1-7(10-2)11-5-8(12-3)9(6-11)13-4/h8-10H,1,5-6H2,2-4H3. The summed E-state index contributed by atoms with van der Waals surface area (Å²) in [5, 5.41) is 3.02. The third-order valence-corrected chi connectivity index (χ3v) is 2.49. The molecule has 76 valence electrons. The first-order valence-electron chi connectivity index (χ1n) is 4.40. The van der Waals surface area contributed by atoms with Gasteiger partial charge >= 0.3 is 0 Å². The van der Waals surface area contributed by atoms with E-state index in [2.05, 4.69) is 16.8 Å². The van der Waals surface area contributed by atoms with Gasteiger partial charge in [0, 0.05) is 34.4 Å². The third-order valence-electron chi connectivity index (χ3n) is 2.49. The van der Waals surface area contributed by atoms with Crippen LogP contribution in [0.15, 0.2) is 12.4 Å². The van der Waals surface area contributed by atoms with Crippen LogP contribution in [0.2, 0.25) is 0 Å². The Hall–Kier alpha value is -0.740. The molecule has 1 aliphatic rings. The molecule has 1 N–H and O–H groups in total. The highest BCUT2D eigenvalue weighted by atomic mass is 16.5. The SMILES string of the molecule is C=C(NC)N1CC(OC)C(OC)C1. The zero-order valence-electron chi connectivity index (χ0n) is 8.54. The molecule has 0 aliphatic carbocycles. The maximum atomic E-state index is 5.30. The van der Waals surface area contributed by atoms with Gasteiger partial charge < -0.3 is 19.7 Å². The third kappa shape index (κ3) is 2.14. The first kappa shape index (κ1) is 10.3. The van der Waals surface area contributed by atoms with Gasteiger partial charge in [-0.25, -0.2) is 0 Å². The van der Waals surface area contributed by atoms with Crippen LogP contribution in [0.5, 0.6) is 0 Å². The molecule has 1 aliphatic heterocycles. The van der Waals surface area contributed by atoms with Gasteiger partial charge in [-0.15, -0.1) is 0 Å². The van der Waals surface area contributed by atoms with Gasteiger partial charge in [0.15, 0.2) is 0 Å². The van der Waals surface area contributed by atoms with E-state index in [0.29, 0.717) is 0 Å². The predicted molar refractivity (Wildman–Crippen MR) is 51.4 cm³/mol. The largest absolute Gasteiger partial charge is 0.377 e. The van der Waals surface area contributed by atoms with Crippen molar-refractivity contribution in [1.29, 1.82) is 0 Å². The summed E-state index contributed by atoms with van der Waals surface area (Å²) in [5.41, 5.74) is 0. The lowest BCUT2D eigenvalue weighted by atomic mass is 10.3. The molecule has 0 saturated carbocycles. The molecule has 0 amide bonds. The van der Waals surface area contributed by atoms with Gasteiger partial charge in [0.25, 0.3) is 0 Å². The van der Waals surface area contributed by atoms with E-state index in [1.165, 1.54) is 0 Å². The highest BCUT2D eigenvalue weighted by molar-refractivity contribution is 4.98. The summed E-state index contributed by atoms with van der Waals surface area (Å²) >= 11 is 0. The molecule has 0 aromatic heterocycles. The molecule has 1 rings (SSSR count). The molecule has 0 bridgehead atoms. The van der Waals surface area contributed by atoms with Crippen molar-refractivity contribution in [2.45, 2.75) is 12.2 Å². The number of hydrogen-bond donors (Lipinski definition) is 1. The van der Waals surface area contributed by atoms with Crippen molar-refractivity contribution in [2.75, 3.05) is 34.4 Å². The topological polar surface area (TPSA) is 33.7 Å². The molecule has 0 aromatic carbocycles. The van der Waals surface area contributed by atoms with Crippen molar-refractivity contribution in [2.24, 2.45) is 0 Å². The van der Waals surface area contributed by atoms with Crippen LogP contribution in [0.25, 0.3) is 0 Å². The minimum atomic E-state index is 0.148. The predicted octanol–water partition coefficient (Wildman–Crippen LogP) is 0.0226. The van der Waals surface area contributed by atoms with Crippen LogP contribution in [0.3, 0.4) is 0 Å². The second kappa shape index (κ2) is 4.48. The van der Waals surface area contributed by atoms with Gasteiger partial charge in [-0.3, -0.25) is 0 Å². The van der Waals surface area contributed by atoms with E-state index in [4.69, 9.17) is 9.47 Å². The van der Waals surface area contributed by atoms with Crippen molar-refractivity contribution in [1.82, 2.24) is 10.2 Å². The quantitative estimate of drug-likeness (QED) is 0.671. The lowest BCUT2D eigenvalue weighted by Crippen LogP contribution is -2.28. The second-order valence-electron chi connectivity index (χ2n) is 3.15. The summed E-state index contributed by atoms with van der Waals surface area (Å²) in [6, 6.07) is 0. The Morgan fingerprint density at radius 3 is 2.08 bits per heavy atom. The van der Waals surface area contributed by atoms with Gasteiger partial charge in [0.2, 0.25) is 0 Å². The van der Waals surface area contributed by atoms with Gasteiger partial charge in [-0.05, 0) is 0 Å². The van der Waals surface area contributed by atoms with Crippen LogP contribution in [-0.4, -0.2) is 51.5 Å². The summed E-state index contributed by atoms with van der Waals surface area (Å²) in [4.78, 5) is 2.13. The number of methoxy groups -OCH3 is 2. The fourth-order valence-corrected chi connectivity index (χ4v) is 1.58. The molecule has 13 heavy (non-hydrogen) atoms. The summed E-state index contributed by atoms with van der Waals surface area (Å²) in [6.07, 6.45) is 0.296. The Kier molecular flexibility index (Phi) is 3.57. The fraction of sp³-hybridized carbons (Fsp3) is 0.778. The number of rotatable bonds is 4. The van der Waals surface area contributed by atoms with Crippen LogP contribution >= 0.6 is 0 Å². The van der Waals surface area contributed by atoms with Crippen LogP contribution in [0.4, 0.5) is 0 Å².